The lowest BCUT2D eigenvalue weighted by Gasteiger charge is -2.57. The average molecular weight is 315 g/mol. The zero-order valence-electron chi connectivity index (χ0n) is 15.4. The van der Waals surface area contributed by atoms with E-state index >= 15 is 0 Å². The van der Waals surface area contributed by atoms with Gasteiger partial charge in [-0.15, -0.1) is 0 Å². The molecule has 128 valence electrons. The van der Waals surface area contributed by atoms with E-state index in [4.69, 9.17) is 0 Å². The van der Waals surface area contributed by atoms with Gasteiger partial charge >= 0.3 is 0 Å². The Kier molecular flexibility index (Phi) is 3.78. The second kappa shape index (κ2) is 5.46. The second-order valence-corrected chi connectivity index (χ2v) is 9.46. The molecule has 0 aromatic heterocycles. The van der Waals surface area contributed by atoms with Crippen molar-refractivity contribution in [2.75, 3.05) is 0 Å². The van der Waals surface area contributed by atoms with Crippen molar-refractivity contribution in [1.29, 1.82) is 0 Å². The van der Waals surface area contributed by atoms with E-state index in [2.05, 4.69) is 26.8 Å². The summed E-state index contributed by atoms with van der Waals surface area (Å²) in [4.78, 5) is 12.0. The van der Waals surface area contributed by atoms with E-state index in [0.717, 1.165) is 36.5 Å². The summed E-state index contributed by atoms with van der Waals surface area (Å²) in [5.74, 6) is 3.92. The fourth-order valence-corrected chi connectivity index (χ4v) is 6.83. The Hall–Kier alpha value is -0.590. The Morgan fingerprint density at radius 1 is 1.13 bits per heavy atom. The highest BCUT2D eigenvalue weighted by atomic mass is 16.1. The van der Waals surface area contributed by atoms with Crippen molar-refractivity contribution in [3.8, 4) is 0 Å². The van der Waals surface area contributed by atoms with Crippen LogP contribution in [0.25, 0.3) is 0 Å². The van der Waals surface area contributed by atoms with E-state index in [9.17, 15) is 4.79 Å². The van der Waals surface area contributed by atoms with Gasteiger partial charge in [0.1, 0.15) is 0 Å². The third kappa shape index (κ3) is 2.36. The summed E-state index contributed by atoms with van der Waals surface area (Å²) in [7, 11) is 0. The first-order valence-corrected chi connectivity index (χ1v) is 10.3. The highest BCUT2D eigenvalue weighted by Gasteiger charge is 2.60. The first-order valence-electron chi connectivity index (χ1n) is 10.3. The van der Waals surface area contributed by atoms with E-state index in [1.54, 1.807) is 5.57 Å². The minimum Gasteiger partial charge on any atom is -0.295 e. The molecule has 1 spiro atoms. The Labute approximate surface area is 142 Å². The van der Waals surface area contributed by atoms with Crippen LogP contribution in [0.2, 0.25) is 0 Å². The van der Waals surface area contributed by atoms with Crippen LogP contribution in [0.3, 0.4) is 0 Å². The number of fused-ring (bicyclic) bond motifs is 4. The zero-order chi connectivity index (χ0) is 16.2. The van der Waals surface area contributed by atoms with Crippen molar-refractivity contribution in [3.05, 3.63) is 11.6 Å². The van der Waals surface area contributed by atoms with Crippen molar-refractivity contribution in [2.45, 2.75) is 85.0 Å². The maximum absolute atomic E-state index is 12.0. The molecule has 0 amide bonds. The van der Waals surface area contributed by atoms with Crippen LogP contribution in [-0.4, -0.2) is 5.78 Å². The minimum atomic E-state index is 0.417. The van der Waals surface area contributed by atoms with Crippen molar-refractivity contribution in [3.63, 3.8) is 0 Å². The van der Waals surface area contributed by atoms with Crippen LogP contribution in [0.4, 0.5) is 0 Å². The third-order valence-corrected chi connectivity index (χ3v) is 8.44. The molecule has 0 bridgehead atoms. The lowest BCUT2D eigenvalue weighted by Crippen LogP contribution is -2.49. The topological polar surface area (TPSA) is 17.1 Å². The molecule has 4 rings (SSSR count). The van der Waals surface area contributed by atoms with Crippen LogP contribution in [-0.2, 0) is 4.79 Å². The molecule has 0 aliphatic heterocycles. The van der Waals surface area contributed by atoms with Gasteiger partial charge in [-0.05, 0) is 85.5 Å². The van der Waals surface area contributed by atoms with Gasteiger partial charge in [0.2, 0.25) is 0 Å². The van der Waals surface area contributed by atoms with E-state index < -0.39 is 0 Å². The normalized spacial score (nSPS) is 44.5. The lowest BCUT2D eigenvalue weighted by atomic mass is 9.48. The number of rotatable bonds is 3. The maximum atomic E-state index is 12.0. The van der Waals surface area contributed by atoms with E-state index in [-0.39, 0.29) is 0 Å². The number of hydrogen-bond donors (Lipinski definition) is 0. The predicted molar refractivity (Wildman–Crippen MR) is 95.1 cm³/mol. The number of hydrogen-bond acceptors (Lipinski definition) is 1. The molecule has 0 saturated heterocycles. The van der Waals surface area contributed by atoms with Gasteiger partial charge in [0.25, 0.3) is 0 Å². The van der Waals surface area contributed by atoms with E-state index in [1.807, 2.05) is 0 Å². The fraction of sp³-hybridized carbons (Fsp3) is 0.864. The smallest absolute Gasteiger partial charge is 0.155 e. The first-order chi connectivity index (χ1) is 11.0. The van der Waals surface area contributed by atoms with Crippen LogP contribution in [0.1, 0.15) is 85.0 Å². The Morgan fingerprint density at radius 2 is 1.91 bits per heavy atom. The molecule has 5 atom stereocenters. The summed E-state index contributed by atoms with van der Waals surface area (Å²) >= 11 is 0. The maximum Gasteiger partial charge on any atom is 0.155 e. The molecule has 0 aromatic carbocycles. The van der Waals surface area contributed by atoms with Gasteiger partial charge in [0.05, 0.1) is 0 Å². The quantitative estimate of drug-likeness (QED) is 0.630. The van der Waals surface area contributed by atoms with Gasteiger partial charge in [-0.2, -0.15) is 0 Å². The van der Waals surface area contributed by atoms with Gasteiger partial charge in [-0.25, -0.2) is 0 Å². The zero-order valence-corrected chi connectivity index (χ0v) is 15.4. The SMILES string of the molecule is CCCC1C2CC3(CC3)C3=CC(=O)CCC3C2CCC1(C)CC. The summed E-state index contributed by atoms with van der Waals surface area (Å²) < 4.78 is 0. The van der Waals surface area contributed by atoms with Crippen molar-refractivity contribution >= 4 is 5.78 Å². The molecule has 3 saturated carbocycles. The van der Waals surface area contributed by atoms with Gasteiger partial charge in [0.15, 0.2) is 5.78 Å². The highest BCUT2D eigenvalue weighted by molar-refractivity contribution is 5.91. The van der Waals surface area contributed by atoms with Crippen LogP contribution in [0.5, 0.6) is 0 Å². The first kappa shape index (κ1) is 15.9. The van der Waals surface area contributed by atoms with Gasteiger partial charge in [-0.1, -0.05) is 39.2 Å². The Balaban J connectivity index is 1.70. The summed E-state index contributed by atoms with van der Waals surface area (Å²) in [6.07, 6.45) is 15.2. The third-order valence-electron chi connectivity index (χ3n) is 8.44. The number of carbonyl (C=O) groups excluding carboxylic acids is 1. The van der Waals surface area contributed by atoms with Crippen LogP contribution in [0, 0.1) is 34.5 Å². The van der Waals surface area contributed by atoms with Gasteiger partial charge < -0.3 is 0 Å². The summed E-state index contributed by atoms with van der Waals surface area (Å²) in [5, 5.41) is 0. The fourth-order valence-electron chi connectivity index (χ4n) is 6.83. The van der Waals surface area contributed by atoms with Crippen molar-refractivity contribution in [2.24, 2.45) is 34.5 Å². The van der Waals surface area contributed by atoms with Crippen LogP contribution < -0.4 is 0 Å². The molecule has 3 fully saturated rings. The van der Waals surface area contributed by atoms with Gasteiger partial charge in [-0.3, -0.25) is 4.79 Å². The molecular formula is C22H34O. The highest BCUT2D eigenvalue weighted by Crippen LogP contribution is 2.69. The van der Waals surface area contributed by atoms with Crippen LogP contribution in [0.15, 0.2) is 11.6 Å². The van der Waals surface area contributed by atoms with E-state index in [0.29, 0.717) is 16.6 Å². The summed E-state index contributed by atoms with van der Waals surface area (Å²) in [5.41, 5.74) is 2.66. The largest absolute Gasteiger partial charge is 0.295 e. The molecule has 4 aliphatic rings. The number of ketones is 1. The molecule has 0 heterocycles. The predicted octanol–water partition coefficient (Wildman–Crippen LogP) is 5.93. The summed E-state index contributed by atoms with van der Waals surface area (Å²) in [6, 6.07) is 0. The molecule has 1 heteroatoms. The Morgan fingerprint density at radius 3 is 2.57 bits per heavy atom. The van der Waals surface area contributed by atoms with Crippen molar-refractivity contribution in [1.82, 2.24) is 0 Å². The lowest BCUT2D eigenvalue weighted by molar-refractivity contribution is -0.116. The van der Waals surface area contributed by atoms with Gasteiger partial charge in [0, 0.05) is 6.42 Å². The summed E-state index contributed by atoms with van der Waals surface area (Å²) in [6.45, 7) is 7.38. The monoisotopic (exact) mass is 314 g/mol. The number of allylic oxidation sites excluding steroid dienone is 2. The molecule has 5 unspecified atom stereocenters. The van der Waals surface area contributed by atoms with Crippen LogP contribution >= 0.6 is 0 Å². The molecule has 4 aliphatic carbocycles. The molecular weight excluding hydrogens is 280 g/mol. The standard InChI is InChI=1S/C22H34O/c1-4-6-19-18-14-22(11-12-22)20-13-15(23)7-8-17(20)16(18)9-10-21(19,3)5-2/h13,16-19H,4-12,14H2,1-3H3. The van der Waals surface area contributed by atoms with E-state index in [1.165, 1.54) is 51.4 Å². The molecule has 23 heavy (non-hydrogen) atoms. The second-order valence-electron chi connectivity index (χ2n) is 9.46. The van der Waals surface area contributed by atoms with Crippen molar-refractivity contribution < 1.29 is 4.79 Å². The Bertz CT molecular complexity index is 526. The molecule has 0 aromatic rings. The number of carbonyl (C=O) groups is 1. The molecule has 0 N–H and O–H groups in total. The molecule has 0 radical (unpaired) electrons. The molecule has 1 nitrogen and oxygen atoms in total. The average Bonchev–Trinajstić information content (AvgIpc) is 3.31. The minimum absolute atomic E-state index is 0.417.